The maximum atomic E-state index is 5.92. The van der Waals surface area contributed by atoms with E-state index in [1.165, 1.54) is 4.88 Å². The van der Waals surface area contributed by atoms with Gasteiger partial charge in [0.25, 0.3) is 0 Å². The smallest absolute Gasteiger partial charge is 0.194 e. The number of aromatic nitrogens is 2. The summed E-state index contributed by atoms with van der Waals surface area (Å²) in [5.74, 6) is 0.944. The van der Waals surface area contributed by atoms with E-state index >= 15 is 0 Å². The zero-order valence-corrected chi connectivity index (χ0v) is 16.3. The van der Waals surface area contributed by atoms with Crippen LogP contribution in [0.3, 0.4) is 0 Å². The van der Waals surface area contributed by atoms with Crippen molar-refractivity contribution >= 4 is 33.2 Å². The van der Waals surface area contributed by atoms with Crippen LogP contribution in [0.1, 0.15) is 23.5 Å². The average molecular weight is 412 g/mol. The molecule has 2 aromatic heterocycles. The van der Waals surface area contributed by atoms with Gasteiger partial charge in [-0.05, 0) is 35.0 Å². The molecule has 3 heterocycles. The van der Waals surface area contributed by atoms with Crippen LogP contribution < -0.4 is 5.32 Å². The minimum absolute atomic E-state index is 0.0344. The van der Waals surface area contributed by atoms with Gasteiger partial charge in [-0.25, -0.2) is 4.99 Å². The highest BCUT2D eigenvalue weighted by Crippen LogP contribution is 2.24. The Morgan fingerprint density at radius 1 is 1.54 bits per heavy atom. The van der Waals surface area contributed by atoms with Crippen LogP contribution in [0, 0.1) is 0 Å². The van der Waals surface area contributed by atoms with Gasteiger partial charge in [0.1, 0.15) is 6.10 Å². The fourth-order valence-corrected chi connectivity index (χ4v) is 4.07. The number of hydrogen-bond acceptors (Lipinski definition) is 4. The molecule has 1 aliphatic rings. The topological polar surface area (TPSA) is 54.7 Å². The molecule has 8 heteroatoms. The predicted molar refractivity (Wildman–Crippen MR) is 100 cm³/mol. The monoisotopic (exact) mass is 411 g/mol. The quantitative estimate of drug-likeness (QED) is 0.620. The zero-order valence-electron chi connectivity index (χ0n) is 13.9. The number of morpholine rings is 1. The predicted octanol–water partition coefficient (Wildman–Crippen LogP) is 2.78. The third-order valence-electron chi connectivity index (χ3n) is 3.81. The zero-order chi connectivity index (χ0) is 16.9. The van der Waals surface area contributed by atoms with Gasteiger partial charge in [-0.1, -0.05) is 0 Å². The van der Waals surface area contributed by atoms with Crippen molar-refractivity contribution in [3.8, 4) is 0 Å². The Balaban J connectivity index is 1.70. The lowest BCUT2D eigenvalue weighted by molar-refractivity contribution is -0.00805. The third-order valence-corrected chi connectivity index (χ3v) is 5.42. The van der Waals surface area contributed by atoms with Crippen LogP contribution in [0.4, 0.5) is 0 Å². The van der Waals surface area contributed by atoms with Crippen LogP contribution in [0.25, 0.3) is 0 Å². The molecule has 1 unspecified atom stereocenters. The molecule has 1 atom stereocenters. The van der Waals surface area contributed by atoms with Crippen LogP contribution >= 0.6 is 27.3 Å². The summed E-state index contributed by atoms with van der Waals surface area (Å²) >= 11 is 5.22. The lowest BCUT2D eigenvalue weighted by Crippen LogP contribution is -2.48. The minimum atomic E-state index is 0.0344. The number of hydrogen-bond donors (Lipinski definition) is 1. The number of aryl methyl sites for hydroxylation is 1. The van der Waals surface area contributed by atoms with E-state index in [0.29, 0.717) is 13.2 Å². The van der Waals surface area contributed by atoms with Gasteiger partial charge in [0.05, 0.1) is 29.7 Å². The number of guanidine groups is 1. The highest BCUT2D eigenvalue weighted by molar-refractivity contribution is 9.11. The molecule has 6 nitrogen and oxygen atoms in total. The van der Waals surface area contributed by atoms with Gasteiger partial charge >= 0.3 is 0 Å². The van der Waals surface area contributed by atoms with Crippen molar-refractivity contribution in [1.29, 1.82) is 0 Å². The standard InChI is InChI=1S/C16H22BrN5OS/c1-3-18-16(19-9-13-4-5-15(17)24-13)22-6-7-23-14(11-22)12-8-20-21(2)10-12/h4-5,8,10,14H,3,6-7,9,11H2,1-2H3,(H,18,19). The molecule has 1 fully saturated rings. The molecule has 0 bridgehead atoms. The highest BCUT2D eigenvalue weighted by Gasteiger charge is 2.25. The van der Waals surface area contributed by atoms with E-state index in [4.69, 9.17) is 9.73 Å². The van der Waals surface area contributed by atoms with Gasteiger partial charge in [0.2, 0.25) is 0 Å². The molecule has 3 rings (SSSR count). The molecular formula is C16H22BrN5OS. The Hall–Kier alpha value is -1.38. The Morgan fingerprint density at radius 2 is 2.42 bits per heavy atom. The van der Waals surface area contributed by atoms with E-state index in [0.717, 1.165) is 34.9 Å². The van der Waals surface area contributed by atoms with Crippen molar-refractivity contribution in [1.82, 2.24) is 20.0 Å². The number of nitrogens with one attached hydrogen (secondary N) is 1. The van der Waals surface area contributed by atoms with Crippen LogP contribution in [0.2, 0.25) is 0 Å². The number of thiophene rings is 1. The molecule has 2 aromatic rings. The molecule has 0 radical (unpaired) electrons. The first-order chi connectivity index (χ1) is 11.7. The number of rotatable bonds is 4. The summed E-state index contributed by atoms with van der Waals surface area (Å²) < 4.78 is 8.87. The summed E-state index contributed by atoms with van der Waals surface area (Å²) in [6.45, 7) is 5.95. The minimum Gasteiger partial charge on any atom is -0.370 e. The van der Waals surface area contributed by atoms with Crippen LogP contribution in [-0.2, 0) is 18.3 Å². The van der Waals surface area contributed by atoms with Crippen molar-refractivity contribution in [2.45, 2.75) is 19.6 Å². The second-order valence-electron chi connectivity index (χ2n) is 5.63. The van der Waals surface area contributed by atoms with Crippen LogP contribution in [-0.4, -0.2) is 46.9 Å². The lowest BCUT2D eigenvalue weighted by atomic mass is 10.1. The summed E-state index contributed by atoms with van der Waals surface area (Å²) in [5.41, 5.74) is 1.11. The Labute approximate surface area is 154 Å². The Bertz CT molecular complexity index is 698. The van der Waals surface area contributed by atoms with E-state index < -0.39 is 0 Å². The summed E-state index contributed by atoms with van der Waals surface area (Å²) in [6, 6.07) is 4.18. The van der Waals surface area contributed by atoms with E-state index in [-0.39, 0.29) is 6.10 Å². The van der Waals surface area contributed by atoms with Crippen molar-refractivity contribution in [3.63, 3.8) is 0 Å². The number of ether oxygens (including phenoxy) is 1. The molecule has 0 aliphatic carbocycles. The maximum absolute atomic E-state index is 5.92. The molecule has 0 saturated carbocycles. The fourth-order valence-electron chi connectivity index (χ4n) is 2.67. The van der Waals surface area contributed by atoms with Crippen LogP contribution in [0.15, 0.2) is 33.3 Å². The van der Waals surface area contributed by atoms with E-state index in [1.54, 1.807) is 11.3 Å². The van der Waals surface area contributed by atoms with Crippen molar-refractivity contribution in [2.75, 3.05) is 26.2 Å². The summed E-state index contributed by atoms with van der Waals surface area (Å²) in [5, 5.41) is 7.64. The second-order valence-corrected chi connectivity index (χ2v) is 8.18. The highest BCUT2D eigenvalue weighted by atomic mass is 79.9. The molecule has 1 aliphatic heterocycles. The van der Waals surface area contributed by atoms with Crippen molar-refractivity contribution in [3.05, 3.63) is 38.8 Å². The summed E-state index contributed by atoms with van der Waals surface area (Å²) in [7, 11) is 1.93. The molecule has 0 amide bonds. The van der Waals surface area contributed by atoms with Gasteiger partial charge in [-0.2, -0.15) is 5.10 Å². The number of aliphatic imine (C=N–C) groups is 1. The maximum Gasteiger partial charge on any atom is 0.194 e. The van der Waals surface area contributed by atoms with Gasteiger partial charge in [0, 0.05) is 36.8 Å². The van der Waals surface area contributed by atoms with E-state index in [1.807, 2.05) is 24.1 Å². The normalized spacial score (nSPS) is 18.9. The molecule has 1 saturated heterocycles. The Kier molecular flexibility index (Phi) is 5.91. The van der Waals surface area contributed by atoms with Crippen molar-refractivity contribution in [2.24, 2.45) is 12.0 Å². The SMILES string of the molecule is CCNC(=NCc1ccc(Br)s1)N1CCOC(c2cnn(C)c2)C1. The van der Waals surface area contributed by atoms with Gasteiger partial charge < -0.3 is 15.0 Å². The largest absolute Gasteiger partial charge is 0.370 e. The first kappa shape index (κ1) is 17.4. The molecule has 0 aromatic carbocycles. The molecule has 24 heavy (non-hydrogen) atoms. The molecular weight excluding hydrogens is 390 g/mol. The third kappa shape index (κ3) is 4.37. The van der Waals surface area contributed by atoms with E-state index in [9.17, 15) is 0 Å². The molecule has 0 spiro atoms. The fraction of sp³-hybridized carbons (Fsp3) is 0.500. The first-order valence-electron chi connectivity index (χ1n) is 8.03. The van der Waals surface area contributed by atoms with Crippen LogP contribution in [0.5, 0.6) is 0 Å². The van der Waals surface area contributed by atoms with Gasteiger partial charge in [-0.3, -0.25) is 4.68 Å². The molecule has 1 N–H and O–H groups in total. The average Bonchev–Trinajstić information content (AvgIpc) is 3.20. The summed E-state index contributed by atoms with van der Waals surface area (Å²) in [6.07, 6.45) is 3.93. The molecule has 130 valence electrons. The van der Waals surface area contributed by atoms with Crippen molar-refractivity contribution < 1.29 is 4.74 Å². The van der Waals surface area contributed by atoms with Gasteiger partial charge in [-0.15, -0.1) is 11.3 Å². The van der Waals surface area contributed by atoms with E-state index in [2.05, 4.69) is 50.3 Å². The Morgan fingerprint density at radius 3 is 3.08 bits per heavy atom. The number of halogens is 1. The lowest BCUT2D eigenvalue weighted by Gasteiger charge is -2.34. The second kappa shape index (κ2) is 8.13. The number of nitrogens with zero attached hydrogens (tertiary/aromatic N) is 4. The summed E-state index contributed by atoms with van der Waals surface area (Å²) in [4.78, 5) is 8.31. The van der Waals surface area contributed by atoms with Gasteiger partial charge in [0.15, 0.2) is 5.96 Å². The first-order valence-corrected chi connectivity index (χ1v) is 9.64.